The largest absolute Gasteiger partial charge is 0.342 e. The predicted molar refractivity (Wildman–Crippen MR) is 111 cm³/mol. The smallest absolute Gasteiger partial charge is 0.103 e. The van der Waals surface area contributed by atoms with Crippen molar-refractivity contribution in [3.05, 3.63) is 70.6 Å². The highest BCUT2D eigenvalue weighted by molar-refractivity contribution is 5.85. The van der Waals surface area contributed by atoms with Gasteiger partial charge in [0.25, 0.3) is 0 Å². The van der Waals surface area contributed by atoms with Gasteiger partial charge >= 0.3 is 0 Å². The van der Waals surface area contributed by atoms with Crippen molar-refractivity contribution in [2.45, 2.75) is 39.5 Å². The minimum Gasteiger partial charge on any atom is -0.342 e. The van der Waals surface area contributed by atoms with Crippen LogP contribution in [-0.4, -0.2) is 19.9 Å². The summed E-state index contributed by atoms with van der Waals surface area (Å²) in [4.78, 5) is 15.6. The van der Waals surface area contributed by atoms with Gasteiger partial charge in [-0.15, -0.1) is 0 Å². The maximum atomic E-state index is 4.39. The van der Waals surface area contributed by atoms with Gasteiger partial charge in [-0.2, -0.15) is 0 Å². The SMILES string of the molecule is Cc1ncc(-c2cc3c4c(c2)CCc2cc(-c5cnc(C)[nH]5)cc(c2-4)CC3)[nH]1. The van der Waals surface area contributed by atoms with Crippen LogP contribution in [0.5, 0.6) is 0 Å². The molecule has 2 aliphatic rings. The Kier molecular flexibility index (Phi) is 3.22. The number of hydrogen-bond donors (Lipinski definition) is 2. The summed E-state index contributed by atoms with van der Waals surface area (Å²) in [7, 11) is 0. The lowest BCUT2D eigenvalue weighted by molar-refractivity contribution is 0.877. The summed E-state index contributed by atoms with van der Waals surface area (Å²) in [5.41, 5.74) is 13.7. The number of imidazole rings is 2. The monoisotopic (exact) mass is 366 g/mol. The number of aromatic nitrogens is 4. The van der Waals surface area contributed by atoms with Crippen molar-refractivity contribution in [1.82, 2.24) is 19.9 Å². The molecule has 0 unspecified atom stereocenters. The molecule has 0 saturated carbocycles. The zero-order chi connectivity index (χ0) is 18.8. The Hall–Kier alpha value is -3.14. The van der Waals surface area contributed by atoms with Crippen LogP contribution in [0.4, 0.5) is 0 Å². The van der Waals surface area contributed by atoms with Crippen LogP contribution in [0, 0.1) is 13.8 Å². The molecule has 0 spiro atoms. The van der Waals surface area contributed by atoms with Gasteiger partial charge < -0.3 is 9.97 Å². The van der Waals surface area contributed by atoms with E-state index in [9.17, 15) is 0 Å². The van der Waals surface area contributed by atoms with Crippen molar-refractivity contribution in [1.29, 1.82) is 0 Å². The Morgan fingerprint density at radius 2 is 0.964 bits per heavy atom. The fourth-order valence-electron chi connectivity index (χ4n) is 4.95. The summed E-state index contributed by atoms with van der Waals surface area (Å²) >= 11 is 0. The number of benzene rings is 2. The lowest BCUT2D eigenvalue weighted by atomic mass is 9.74. The highest BCUT2D eigenvalue weighted by Crippen LogP contribution is 2.45. The minimum absolute atomic E-state index is 0.968. The highest BCUT2D eigenvalue weighted by Gasteiger charge is 2.27. The van der Waals surface area contributed by atoms with E-state index < -0.39 is 0 Å². The summed E-state index contributed by atoms with van der Waals surface area (Å²) in [6, 6.07) is 9.48. The molecular formula is C24H22N4. The van der Waals surface area contributed by atoms with E-state index in [2.05, 4.69) is 44.2 Å². The predicted octanol–water partition coefficient (Wildman–Crippen LogP) is 4.95. The normalized spacial score (nSPS) is 14.2. The van der Waals surface area contributed by atoms with Gasteiger partial charge in [-0.25, -0.2) is 9.97 Å². The van der Waals surface area contributed by atoms with E-state index in [1.807, 2.05) is 26.2 Å². The minimum atomic E-state index is 0.968. The molecule has 138 valence electrons. The third-order valence-electron chi connectivity index (χ3n) is 6.21. The molecule has 4 heteroatoms. The molecule has 4 nitrogen and oxygen atoms in total. The van der Waals surface area contributed by atoms with E-state index in [1.165, 1.54) is 44.5 Å². The van der Waals surface area contributed by atoms with Crippen molar-refractivity contribution in [2.75, 3.05) is 0 Å². The number of aromatic amines is 2. The summed E-state index contributed by atoms with van der Waals surface area (Å²) in [5, 5.41) is 0. The van der Waals surface area contributed by atoms with Crippen LogP contribution in [-0.2, 0) is 25.7 Å². The number of hydrogen-bond acceptors (Lipinski definition) is 2. The van der Waals surface area contributed by atoms with E-state index >= 15 is 0 Å². The van der Waals surface area contributed by atoms with Crippen molar-refractivity contribution in [3.8, 4) is 33.6 Å². The number of nitrogens with zero attached hydrogens (tertiary/aromatic N) is 2. The van der Waals surface area contributed by atoms with Crippen LogP contribution >= 0.6 is 0 Å². The van der Waals surface area contributed by atoms with Crippen LogP contribution in [0.15, 0.2) is 36.7 Å². The number of rotatable bonds is 2. The third-order valence-corrected chi connectivity index (χ3v) is 6.21. The van der Waals surface area contributed by atoms with Crippen LogP contribution in [0.3, 0.4) is 0 Å². The first-order valence-electron chi connectivity index (χ1n) is 10.0. The van der Waals surface area contributed by atoms with Crippen LogP contribution in [0.2, 0.25) is 0 Å². The molecule has 2 heterocycles. The molecule has 0 bridgehead atoms. The van der Waals surface area contributed by atoms with E-state index in [0.29, 0.717) is 0 Å². The molecule has 4 aromatic rings. The average molecular weight is 366 g/mol. The maximum Gasteiger partial charge on any atom is 0.103 e. The van der Waals surface area contributed by atoms with Gasteiger partial charge in [0.1, 0.15) is 11.6 Å². The molecule has 0 aliphatic heterocycles. The Morgan fingerprint density at radius 1 is 0.607 bits per heavy atom. The second-order valence-electron chi connectivity index (χ2n) is 8.10. The molecular weight excluding hydrogens is 344 g/mol. The molecule has 0 fully saturated rings. The summed E-state index contributed by atoms with van der Waals surface area (Å²) in [5.74, 6) is 1.94. The zero-order valence-corrected chi connectivity index (χ0v) is 16.2. The topological polar surface area (TPSA) is 57.4 Å². The van der Waals surface area contributed by atoms with Crippen LogP contribution < -0.4 is 0 Å². The Balaban J connectivity index is 1.52. The van der Waals surface area contributed by atoms with Gasteiger partial charge in [-0.05, 0) is 97.2 Å². The van der Waals surface area contributed by atoms with E-state index in [1.54, 1.807) is 0 Å². The van der Waals surface area contributed by atoms with E-state index in [4.69, 9.17) is 0 Å². The Bertz CT molecular complexity index is 1090. The molecule has 2 aromatic heterocycles. The quantitative estimate of drug-likeness (QED) is 0.527. The van der Waals surface area contributed by atoms with Crippen molar-refractivity contribution >= 4 is 0 Å². The summed E-state index contributed by atoms with van der Waals surface area (Å²) < 4.78 is 0. The molecule has 0 amide bonds. The van der Waals surface area contributed by atoms with Gasteiger partial charge in [0.15, 0.2) is 0 Å². The summed E-state index contributed by atoms with van der Waals surface area (Å²) in [6.45, 7) is 4.01. The maximum absolute atomic E-state index is 4.39. The Morgan fingerprint density at radius 3 is 1.25 bits per heavy atom. The lowest BCUT2D eigenvalue weighted by Gasteiger charge is -2.30. The molecule has 0 atom stereocenters. The van der Waals surface area contributed by atoms with Gasteiger partial charge in [0, 0.05) is 11.1 Å². The molecule has 2 aliphatic carbocycles. The highest BCUT2D eigenvalue weighted by atomic mass is 14.9. The zero-order valence-electron chi connectivity index (χ0n) is 16.2. The van der Waals surface area contributed by atoms with Crippen molar-refractivity contribution < 1.29 is 0 Å². The molecule has 0 radical (unpaired) electrons. The molecule has 0 saturated heterocycles. The van der Waals surface area contributed by atoms with Crippen LogP contribution in [0.1, 0.15) is 33.9 Å². The van der Waals surface area contributed by atoms with Gasteiger partial charge in [-0.1, -0.05) is 0 Å². The lowest BCUT2D eigenvalue weighted by Crippen LogP contribution is -2.14. The molecule has 2 N–H and O–H groups in total. The van der Waals surface area contributed by atoms with Crippen molar-refractivity contribution in [3.63, 3.8) is 0 Å². The second-order valence-corrected chi connectivity index (χ2v) is 8.10. The van der Waals surface area contributed by atoms with Gasteiger partial charge in [0.05, 0.1) is 23.8 Å². The van der Waals surface area contributed by atoms with E-state index in [-0.39, 0.29) is 0 Å². The van der Waals surface area contributed by atoms with Crippen LogP contribution in [0.25, 0.3) is 33.6 Å². The van der Waals surface area contributed by atoms with E-state index in [0.717, 1.165) is 48.7 Å². The third kappa shape index (κ3) is 2.30. The van der Waals surface area contributed by atoms with Crippen molar-refractivity contribution in [2.24, 2.45) is 0 Å². The van der Waals surface area contributed by atoms with Gasteiger partial charge in [0.2, 0.25) is 0 Å². The Labute approximate surface area is 164 Å². The number of aryl methyl sites for hydroxylation is 6. The standard InChI is InChI=1S/C24H22N4/c1-13-25-11-21(27-13)19-7-15-3-5-17-9-20(22-12-26-14(2)28-22)10-18-6-4-16(8-19)23(15)24(17)18/h7-12H,3-6H2,1-2H3,(H,25,27)(H,26,28). The molecule has 6 rings (SSSR count). The average Bonchev–Trinajstić information content (AvgIpc) is 3.34. The fourth-order valence-corrected chi connectivity index (χ4v) is 4.95. The first-order valence-corrected chi connectivity index (χ1v) is 10.0. The fraction of sp³-hybridized carbons (Fsp3) is 0.250. The van der Waals surface area contributed by atoms with Gasteiger partial charge in [-0.3, -0.25) is 0 Å². The first kappa shape index (κ1) is 15.9. The molecule has 2 aromatic carbocycles. The second kappa shape index (κ2) is 5.68. The summed E-state index contributed by atoms with van der Waals surface area (Å²) in [6.07, 6.45) is 8.30. The molecule has 28 heavy (non-hydrogen) atoms. The number of H-pyrrole nitrogens is 2. The first-order chi connectivity index (χ1) is 13.7. The number of nitrogens with one attached hydrogen (secondary N) is 2.